The lowest BCUT2D eigenvalue weighted by Gasteiger charge is -2.10. The van der Waals surface area contributed by atoms with E-state index < -0.39 is 0 Å². The highest BCUT2D eigenvalue weighted by atomic mass is 32.2. The van der Waals surface area contributed by atoms with Gasteiger partial charge in [-0.25, -0.2) is 9.37 Å². The second kappa shape index (κ2) is 8.57. The number of guanidine groups is 1. The smallest absolute Gasteiger partial charge is 0.214 e. The molecule has 0 saturated heterocycles. The molecule has 0 unspecified atom stereocenters. The summed E-state index contributed by atoms with van der Waals surface area (Å²) >= 11 is 1.66. The minimum Gasteiger partial charge on any atom is -0.444 e. The van der Waals surface area contributed by atoms with Crippen molar-refractivity contribution in [2.45, 2.75) is 25.3 Å². The maximum atomic E-state index is 12.8. The normalized spacial score (nSPS) is 11.6. The molecule has 0 bridgehead atoms. The average Bonchev–Trinajstić information content (AvgIpc) is 2.87. The van der Waals surface area contributed by atoms with Gasteiger partial charge in [-0.05, 0) is 38.1 Å². The summed E-state index contributed by atoms with van der Waals surface area (Å²) in [4.78, 5) is 9.51. The molecular formula is C16H21FN4OS. The minimum atomic E-state index is -0.214. The molecule has 7 heteroatoms. The number of oxazole rings is 1. The van der Waals surface area contributed by atoms with Crippen LogP contribution in [0.15, 0.2) is 38.6 Å². The molecule has 2 aromatic rings. The first-order chi connectivity index (χ1) is 11.1. The van der Waals surface area contributed by atoms with E-state index in [2.05, 4.69) is 20.6 Å². The Hall–Kier alpha value is -2.02. The Morgan fingerprint density at radius 3 is 2.61 bits per heavy atom. The molecule has 0 aliphatic carbocycles. The number of hydrogen-bond acceptors (Lipinski definition) is 4. The van der Waals surface area contributed by atoms with Gasteiger partial charge in [0.15, 0.2) is 5.96 Å². The van der Waals surface area contributed by atoms with Crippen molar-refractivity contribution in [2.75, 3.05) is 19.3 Å². The third-order valence-electron chi connectivity index (χ3n) is 3.18. The van der Waals surface area contributed by atoms with Gasteiger partial charge in [0.1, 0.15) is 11.6 Å². The number of benzene rings is 1. The molecule has 0 fully saturated rings. The van der Waals surface area contributed by atoms with E-state index in [0.29, 0.717) is 18.4 Å². The predicted molar refractivity (Wildman–Crippen MR) is 91.3 cm³/mol. The number of thioether (sulfide) groups is 1. The fourth-order valence-corrected chi connectivity index (χ4v) is 2.63. The number of nitrogens with zero attached hydrogens (tertiary/aromatic N) is 2. The first-order valence-electron chi connectivity index (χ1n) is 7.34. The van der Waals surface area contributed by atoms with E-state index in [9.17, 15) is 4.39 Å². The van der Waals surface area contributed by atoms with Gasteiger partial charge in [-0.15, -0.1) is 11.8 Å². The van der Waals surface area contributed by atoms with Gasteiger partial charge in [-0.2, -0.15) is 0 Å². The molecule has 5 nitrogen and oxygen atoms in total. The van der Waals surface area contributed by atoms with Crippen LogP contribution in [0.3, 0.4) is 0 Å². The lowest BCUT2D eigenvalue weighted by Crippen LogP contribution is -2.38. The molecule has 0 atom stereocenters. The number of aliphatic imine (C=N–C) groups is 1. The van der Waals surface area contributed by atoms with Gasteiger partial charge < -0.3 is 15.1 Å². The molecule has 2 N–H and O–H groups in total. The van der Waals surface area contributed by atoms with E-state index in [1.54, 1.807) is 30.9 Å². The summed E-state index contributed by atoms with van der Waals surface area (Å²) in [6, 6.07) is 6.49. The summed E-state index contributed by atoms with van der Waals surface area (Å²) in [6.07, 6.45) is 0. The summed E-state index contributed by atoms with van der Waals surface area (Å²) in [6.45, 7) is 5.04. The lowest BCUT2D eigenvalue weighted by molar-refractivity contribution is 0.464. The second-order valence-corrected chi connectivity index (χ2v) is 6.07. The molecular weight excluding hydrogens is 315 g/mol. The molecule has 23 heavy (non-hydrogen) atoms. The molecule has 2 rings (SSSR count). The third-order valence-corrected chi connectivity index (χ3v) is 4.19. The van der Waals surface area contributed by atoms with Crippen LogP contribution in [0.5, 0.6) is 0 Å². The van der Waals surface area contributed by atoms with E-state index in [1.165, 1.54) is 12.1 Å². The maximum absolute atomic E-state index is 12.8. The Kier molecular flexibility index (Phi) is 6.46. The van der Waals surface area contributed by atoms with Crippen LogP contribution in [0, 0.1) is 19.7 Å². The Bertz CT molecular complexity index is 635. The number of rotatable bonds is 6. The van der Waals surface area contributed by atoms with Crippen molar-refractivity contribution in [1.82, 2.24) is 15.6 Å². The number of nitrogens with one attached hydrogen (secondary N) is 2. The highest BCUT2D eigenvalue weighted by molar-refractivity contribution is 7.99. The van der Waals surface area contributed by atoms with Crippen molar-refractivity contribution < 1.29 is 8.81 Å². The van der Waals surface area contributed by atoms with E-state index >= 15 is 0 Å². The Morgan fingerprint density at radius 2 is 2.00 bits per heavy atom. The van der Waals surface area contributed by atoms with Crippen molar-refractivity contribution in [3.05, 3.63) is 47.4 Å². The largest absolute Gasteiger partial charge is 0.444 e. The first-order valence-corrected chi connectivity index (χ1v) is 8.33. The molecule has 1 heterocycles. The van der Waals surface area contributed by atoms with Crippen molar-refractivity contribution in [2.24, 2.45) is 4.99 Å². The number of aryl methyl sites for hydroxylation is 2. The van der Waals surface area contributed by atoms with Crippen molar-refractivity contribution >= 4 is 17.7 Å². The quantitative estimate of drug-likeness (QED) is 0.368. The fourth-order valence-electron chi connectivity index (χ4n) is 1.86. The van der Waals surface area contributed by atoms with E-state index in [4.69, 9.17) is 4.42 Å². The van der Waals surface area contributed by atoms with Gasteiger partial charge in [0, 0.05) is 24.2 Å². The van der Waals surface area contributed by atoms with Gasteiger partial charge in [-0.1, -0.05) is 0 Å². The highest BCUT2D eigenvalue weighted by Gasteiger charge is 2.06. The Labute approximate surface area is 139 Å². The van der Waals surface area contributed by atoms with Crippen LogP contribution in [0.25, 0.3) is 0 Å². The Balaban J connectivity index is 1.69. The zero-order valence-electron chi connectivity index (χ0n) is 13.5. The van der Waals surface area contributed by atoms with Gasteiger partial charge in [0.25, 0.3) is 0 Å². The third kappa shape index (κ3) is 5.59. The van der Waals surface area contributed by atoms with Crippen LogP contribution in [-0.4, -0.2) is 30.3 Å². The zero-order valence-corrected chi connectivity index (χ0v) is 14.3. The molecule has 0 aliphatic rings. The topological polar surface area (TPSA) is 62.5 Å². The van der Waals surface area contributed by atoms with E-state index in [0.717, 1.165) is 28.6 Å². The molecule has 0 spiro atoms. The van der Waals surface area contributed by atoms with Gasteiger partial charge in [-0.3, -0.25) is 4.99 Å². The van der Waals surface area contributed by atoms with E-state index in [-0.39, 0.29) is 5.82 Å². The van der Waals surface area contributed by atoms with Crippen molar-refractivity contribution in [1.29, 1.82) is 0 Å². The van der Waals surface area contributed by atoms with Crippen LogP contribution < -0.4 is 10.6 Å². The molecule has 1 aromatic carbocycles. The maximum Gasteiger partial charge on any atom is 0.214 e. The zero-order chi connectivity index (χ0) is 16.7. The van der Waals surface area contributed by atoms with Crippen molar-refractivity contribution in [3.8, 4) is 0 Å². The van der Waals surface area contributed by atoms with Crippen molar-refractivity contribution in [3.63, 3.8) is 0 Å². The standard InChI is InChI=1S/C16H21FN4OS/c1-11-12(2)22-15(21-11)10-20-16(18-3)19-8-9-23-14-6-4-13(17)5-7-14/h4-7H,8-10H2,1-3H3,(H2,18,19,20). The fraction of sp³-hybridized carbons (Fsp3) is 0.375. The van der Waals surface area contributed by atoms with Crippen LogP contribution in [0.2, 0.25) is 0 Å². The molecule has 0 saturated carbocycles. The van der Waals surface area contributed by atoms with Crippen LogP contribution in [0.4, 0.5) is 4.39 Å². The van der Waals surface area contributed by atoms with Gasteiger partial charge in [0.05, 0.1) is 12.2 Å². The highest BCUT2D eigenvalue weighted by Crippen LogP contribution is 2.17. The van der Waals surface area contributed by atoms with Crippen LogP contribution in [-0.2, 0) is 6.54 Å². The molecule has 124 valence electrons. The summed E-state index contributed by atoms with van der Waals surface area (Å²) in [5, 5.41) is 6.37. The monoisotopic (exact) mass is 336 g/mol. The summed E-state index contributed by atoms with van der Waals surface area (Å²) in [5.74, 6) is 2.81. The van der Waals surface area contributed by atoms with Gasteiger partial charge in [0.2, 0.25) is 5.89 Å². The molecule has 0 amide bonds. The lowest BCUT2D eigenvalue weighted by atomic mass is 10.4. The second-order valence-electron chi connectivity index (χ2n) is 4.90. The number of halogens is 1. The summed E-state index contributed by atoms with van der Waals surface area (Å²) in [5.41, 5.74) is 0.903. The van der Waals surface area contributed by atoms with E-state index in [1.807, 2.05) is 13.8 Å². The van der Waals surface area contributed by atoms with Crippen LogP contribution in [0.1, 0.15) is 17.3 Å². The molecule has 0 radical (unpaired) electrons. The number of aromatic nitrogens is 1. The number of hydrogen-bond donors (Lipinski definition) is 2. The molecule has 1 aromatic heterocycles. The average molecular weight is 336 g/mol. The minimum absolute atomic E-state index is 0.214. The predicted octanol–water partition coefficient (Wildman–Crippen LogP) is 2.89. The molecule has 0 aliphatic heterocycles. The van der Waals surface area contributed by atoms with Gasteiger partial charge >= 0.3 is 0 Å². The summed E-state index contributed by atoms with van der Waals surface area (Å²) in [7, 11) is 1.72. The van der Waals surface area contributed by atoms with Crippen LogP contribution >= 0.6 is 11.8 Å². The summed E-state index contributed by atoms with van der Waals surface area (Å²) < 4.78 is 18.3. The SMILES string of the molecule is CN=C(NCCSc1ccc(F)cc1)NCc1nc(C)c(C)o1. The first kappa shape index (κ1) is 17.3. The Morgan fingerprint density at radius 1 is 1.26 bits per heavy atom.